The van der Waals surface area contributed by atoms with Gasteiger partial charge in [0.2, 0.25) is 0 Å². The lowest BCUT2D eigenvalue weighted by Crippen LogP contribution is -2.01. The van der Waals surface area contributed by atoms with Gasteiger partial charge in [0.15, 0.2) is 17.5 Å². The van der Waals surface area contributed by atoms with Crippen molar-refractivity contribution in [3.63, 3.8) is 0 Å². The second-order valence-corrected chi connectivity index (χ2v) is 15.0. The van der Waals surface area contributed by atoms with Gasteiger partial charge in [0.1, 0.15) is 0 Å². The van der Waals surface area contributed by atoms with Crippen LogP contribution in [-0.2, 0) is 0 Å². The number of thiophene rings is 1. The van der Waals surface area contributed by atoms with E-state index in [4.69, 9.17) is 15.0 Å². The van der Waals surface area contributed by atoms with Gasteiger partial charge in [-0.25, -0.2) is 15.0 Å². The molecule has 8 aromatic carbocycles. The third-order valence-corrected chi connectivity index (χ3v) is 11.9. The fraction of sp³-hybridized carbons (Fsp3) is 0. The summed E-state index contributed by atoms with van der Waals surface area (Å²) >= 11 is 1.79. The Morgan fingerprint density at radius 3 is 1.71 bits per heavy atom. The van der Waals surface area contributed by atoms with Gasteiger partial charge in [0.25, 0.3) is 0 Å². The molecule has 0 aliphatic heterocycles. The molecule has 11 rings (SSSR count). The molecule has 3 heterocycles. The molecule has 5 heteroatoms. The van der Waals surface area contributed by atoms with Gasteiger partial charge in [-0.3, -0.25) is 0 Å². The Kier molecular flexibility index (Phi) is 7.64. The highest BCUT2D eigenvalue weighted by Crippen LogP contribution is 2.41. The lowest BCUT2D eigenvalue weighted by atomic mass is 9.96. The fourth-order valence-electron chi connectivity index (χ4n) is 8.04. The average molecular weight is 733 g/mol. The topological polar surface area (TPSA) is 43.6 Å². The van der Waals surface area contributed by atoms with E-state index in [1.807, 2.05) is 6.07 Å². The average Bonchev–Trinajstić information content (AvgIpc) is 3.82. The summed E-state index contributed by atoms with van der Waals surface area (Å²) in [5, 5.41) is 4.84. The largest absolute Gasteiger partial charge is 0.309 e. The van der Waals surface area contributed by atoms with Crippen LogP contribution in [0.1, 0.15) is 0 Å². The van der Waals surface area contributed by atoms with Gasteiger partial charge < -0.3 is 4.57 Å². The van der Waals surface area contributed by atoms with E-state index >= 15 is 0 Å². The number of benzene rings is 8. The maximum Gasteiger partial charge on any atom is 0.165 e. The SMILES string of the molecule is c1ccc(-c2ccc(-c3ccccc3-c3nc(-c4ccc5c6ccccc6n(-c6ccccc6)c5c4)nc(-c4cccc5c4sc4ccccc45)n3)cc2)cc1. The Morgan fingerprint density at radius 1 is 0.339 bits per heavy atom. The summed E-state index contributed by atoms with van der Waals surface area (Å²) < 4.78 is 4.75. The minimum Gasteiger partial charge on any atom is -0.309 e. The van der Waals surface area contributed by atoms with Crippen LogP contribution in [0.4, 0.5) is 0 Å². The molecule has 56 heavy (non-hydrogen) atoms. The third-order valence-electron chi connectivity index (χ3n) is 10.7. The molecule has 262 valence electrons. The Bertz CT molecular complexity index is 3240. The molecule has 4 nitrogen and oxygen atoms in total. The predicted octanol–water partition coefficient (Wildman–Crippen LogP) is 13.7. The summed E-state index contributed by atoms with van der Waals surface area (Å²) in [7, 11) is 0. The predicted molar refractivity (Wildman–Crippen MR) is 234 cm³/mol. The number of hydrogen-bond donors (Lipinski definition) is 0. The molecular formula is C51H32N4S. The Morgan fingerprint density at radius 2 is 0.893 bits per heavy atom. The monoisotopic (exact) mass is 732 g/mol. The summed E-state index contributed by atoms with van der Waals surface area (Å²) in [6, 6.07) is 68.5. The highest BCUT2D eigenvalue weighted by atomic mass is 32.1. The van der Waals surface area contributed by atoms with Gasteiger partial charge in [-0.05, 0) is 58.7 Å². The van der Waals surface area contributed by atoms with Crippen LogP contribution in [0.15, 0.2) is 194 Å². The number of rotatable bonds is 6. The molecule has 0 amide bonds. The van der Waals surface area contributed by atoms with Crippen molar-refractivity contribution in [3.05, 3.63) is 194 Å². The molecular weight excluding hydrogens is 701 g/mol. The van der Waals surface area contributed by atoms with Crippen molar-refractivity contribution < 1.29 is 0 Å². The van der Waals surface area contributed by atoms with E-state index in [-0.39, 0.29) is 0 Å². The molecule has 0 spiro atoms. The number of para-hydroxylation sites is 2. The zero-order chi connectivity index (χ0) is 37.0. The van der Waals surface area contributed by atoms with Crippen molar-refractivity contribution in [2.45, 2.75) is 0 Å². The molecule has 11 aromatic rings. The molecule has 0 saturated carbocycles. The lowest BCUT2D eigenvalue weighted by molar-refractivity contribution is 1.08. The molecule has 0 unspecified atom stereocenters. The van der Waals surface area contributed by atoms with E-state index in [1.54, 1.807) is 11.3 Å². The van der Waals surface area contributed by atoms with Gasteiger partial charge in [-0.15, -0.1) is 11.3 Å². The first-order chi connectivity index (χ1) is 27.8. The Balaban J connectivity index is 1.14. The molecule has 0 aliphatic rings. The first-order valence-corrected chi connectivity index (χ1v) is 19.6. The summed E-state index contributed by atoms with van der Waals surface area (Å²) in [5.41, 5.74) is 10.8. The Labute approximate surface area is 327 Å². The van der Waals surface area contributed by atoms with Crippen LogP contribution < -0.4 is 0 Å². The van der Waals surface area contributed by atoms with E-state index in [9.17, 15) is 0 Å². The first kappa shape index (κ1) is 32.2. The van der Waals surface area contributed by atoms with Crippen molar-refractivity contribution in [2.75, 3.05) is 0 Å². The zero-order valence-corrected chi connectivity index (χ0v) is 31.0. The van der Waals surface area contributed by atoms with Crippen molar-refractivity contribution >= 4 is 53.3 Å². The van der Waals surface area contributed by atoms with Gasteiger partial charge in [0.05, 0.1) is 11.0 Å². The number of hydrogen-bond acceptors (Lipinski definition) is 4. The Hall–Kier alpha value is -7.21. The van der Waals surface area contributed by atoms with E-state index in [2.05, 4.69) is 193 Å². The van der Waals surface area contributed by atoms with Crippen LogP contribution >= 0.6 is 11.3 Å². The van der Waals surface area contributed by atoms with E-state index in [1.165, 1.54) is 42.1 Å². The van der Waals surface area contributed by atoms with Crippen LogP contribution in [0.3, 0.4) is 0 Å². The van der Waals surface area contributed by atoms with E-state index in [0.29, 0.717) is 17.5 Å². The summed E-state index contributed by atoms with van der Waals surface area (Å²) in [6.07, 6.45) is 0. The van der Waals surface area contributed by atoms with Gasteiger partial charge in [0, 0.05) is 53.3 Å². The van der Waals surface area contributed by atoms with Crippen molar-refractivity contribution in [3.8, 4) is 62.1 Å². The smallest absolute Gasteiger partial charge is 0.165 e. The van der Waals surface area contributed by atoms with E-state index in [0.717, 1.165) is 44.5 Å². The van der Waals surface area contributed by atoms with Crippen LogP contribution in [0.25, 0.3) is 104 Å². The summed E-state index contributed by atoms with van der Waals surface area (Å²) in [6.45, 7) is 0. The highest BCUT2D eigenvalue weighted by molar-refractivity contribution is 7.26. The van der Waals surface area contributed by atoms with Gasteiger partial charge in [-0.2, -0.15) is 0 Å². The van der Waals surface area contributed by atoms with Crippen LogP contribution in [0.5, 0.6) is 0 Å². The lowest BCUT2D eigenvalue weighted by Gasteiger charge is -2.13. The second-order valence-electron chi connectivity index (χ2n) is 14.0. The van der Waals surface area contributed by atoms with Crippen LogP contribution in [0, 0.1) is 0 Å². The quantitative estimate of drug-likeness (QED) is 0.171. The van der Waals surface area contributed by atoms with Crippen LogP contribution in [0.2, 0.25) is 0 Å². The fourth-order valence-corrected chi connectivity index (χ4v) is 9.25. The summed E-state index contributed by atoms with van der Waals surface area (Å²) in [4.78, 5) is 15.9. The normalized spacial score (nSPS) is 11.6. The standard InChI is InChI=1S/C51H32N4S/c1-3-14-33(15-4-1)34-26-28-35(29-27-34)38-18-7-8-21-43(38)50-52-49(53-51(54-50)44-23-13-22-42-41-20-10-12-25-47(41)56-48(42)44)36-30-31-40-39-19-9-11-24-45(39)55(46(40)32-36)37-16-5-2-6-17-37/h1-32H. The highest BCUT2D eigenvalue weighted by Gasteiger charge is 2.20. The number of aromatic nitrogens is 4. The third kappa shape index (κ3) is 5.40. The van der Waals surface area contributed by atoms with Crippen molar-refractivity contribution in [1.29, 1.82) is 0 Å². The van der Waals surface area contributed by atoms with Crippen molar-refractivity contribution in [2.24, 2.45) is 0 Å². The molecule has 0 radical (unpaired) electrons. The minimum absolute atomic E-state index is 0.629. The maximum absolute atomic E-state index is 5.31. The molecule has 0 fully saturated rings. The van der Waals surface area contributed by atoms with Gasteiger partial charge in [-0.1, -0.05) is 158 Å². The van der Waals surface area contributed by atoms with Crippen LogP contribution in [-0.4, -0.2) is 19.5 Å². The molecule has 0 aliphatic carbocycles. The van der Waals surface area contributed by atoms with Crippen molar-refractivity contribution in [1.82, 2.24) is 19.5 Å². The number of fused-ring (bicyclic) bond motifs is 6. The molecule has 0 bridgehead atoms. The second kappa shape index (κ2) is 13.3. The zero-order valence-electron chi connectivity index (χ0n) is 30.2. The molecule has 0 N–H and O–H groups in total. The summed E-state index contributed by atoms with van der Waals surface area (Å²) in [5.74, 6) is 1.92. The van der Waals surface area contributed by atoms with E-state index < -0.39 is 0 Å². The minimum atomic E-state index is 0.629. The number of nitrogens with zero attached hydrogens (tertiary/aromatic N) is 4. The molecule has 3 aromatic heterocycles. The first-order valence-electron chi connectivity index (χ1n) is 18.8. The molecule has 0 saturated heterocycles. The maximum atomic E-state index is 5.31. The van der Waals surface area contributed by atoms with Gasteiger partial charge >= 0.3 is 0 Å². The molecule has 0 atom stereocenters.